The van der Waals surface area contributed by atoms with E-state index in [9.17, 15) is 4.79 Å². The summed E-state index contributed by atoms with van der Waals surface area (Å²) in [7, 11) is 0. The molecule has 2 rings (SSSR count). The molecule has 0 spiro atoms. The van der Waals surface area contributed by atoms with Gasteiger partial charge in [0.05, 0.1) is 0 Å². The summed E-state index contributed by atoms with van der Waals surface area (Å²) in [5.41, 5.74) is 5.71. The van der Waals surface area contributed by atoms with Crippen LogP contribution in [0.2, 0.25) is 0 Å². The number of nitrogens with zero attached hydrogens (tertiary/aromatic N) is 3. The van der Waals surface area contributed by atoms with E-state index in [-0.39, 0.29) is 17.9 Å². The minimum atomic E-state index is 0.00221. The van der Waals surface area contributed by atoms with Gasteiger partial charge in [-0.05, 0) is 13.3 Å². The Bertz CT molecular complexity index is 464. The maximum Gasteiger partial charge on any atom is 0.223 e. The number of nitrogens with one attached hydrogen (secondary N) is 2. The smallest absolute Gasteiger partial charge is 0.223 e. The van der Waals surface area contributed by atoms with Gasteiger partial charge in [0.2, 0.25) is 11.9 Å². The molecule has 7 nitrogen and oxygen atoms in total. The van der Waals surface area contributed by atoms with Crippen LogP contribution in [0.25, 0.3) is 0 Å². The van der Waals surface area contributed by atoms with Crippen LogP contribution in [-0.4, -0.2) is 41.6 Å². The lowest BCUT2D eigenvalue weighted by Gasteiger charge is -2.18. The average molecular weight is 264 g/mol. The average Bonchev–Trinajstić information content (AvgIpc) is 2.76. The molecule has 1 aromatic rings. The minimum Gasteiger partial charge on any atom is -0.370 e. The number of carbonyl (C=O) groups is 1. The van der Waals surface area contributed by atoms with Crippen molar-refractivity contribution in [2.24, 2.45) is 0 Å². The van der Waals surface area contributed by atoms with Crippen LogP contribution in [0.4, 0.5) is 17.6 Å². The van der Waals surface area contributed by atoms with Gasteiger partial charge in [0.15, 0.2) is 0 Å². The van der Waals surface area contributed by atoms with Gasteiger partial charge in [-0.1, -0.05) is 0 Å². The highest BCUT2D eigenvalue weighted by atomic mass is 16.1. The molecule has 0 bridgehead atoms. The third-order valence-corrected chi connectivity index (χ3v) is 3.01. The lowest BCUT2D eigenvalue weighted by Crippen LogP contribution is -2.35. The lowest BCUT2D eigenvalue weighted by molar-refractivity contribution is -0.119. The zero-order chi connectivity index (χ0) is 13.8. The number of rotatable bonds is 4. The maximum atomic E-state index is 11.1. The first-order chi connectivity index (χ1) is 9.08. The van der Waals surface area contributed by atoms with E-state index in [1.54, 1.807) is 0 Å². The van der Waals surface area contributed by atoms with E-state index < -0.39 is 0 Å². The molecule has 19 heavy (non-hydrogen) atoms. The molecule has 1 atom stereocenters. The van der Waals surface area contributed by atoms with Gasteiger partial charge < -0.3 is 21.3 Å². The maximum absolute atomic E-state index is 11.1. The van der Waals surface area contributed by atoms with Crippen LogP contribution in [0.3, 0.4) is 0 Å². The molecule has 0 saturated carbocycles. The molecule has 1 aliphatic rings. The van der Waals surface area contributed by atoms with Crippen LogP contribution < -0.4 is 21.3 Å². The van der Waals surface area contributed by atoms with E-state index in [0.717, 1.165) is 37.7 Å². The van der Waals surface area contributed by atoms with Gasteiger partial charge in [-0.2, -0.15) is 9.97 Å². The van der Waals surface area contributed by atoms with Crippen molar-refractivity contribution in [3.63, 3.8) is 0 Å². The van der Waals surface area contributed by atoms with Gasteiger partial charge in [-0.3, -0.25) is 4.79 Å². The van der Waals surface area contributed by atoms with Gasteiger partial charge >= 0.3 is 0 Å². The Morgan fingerprint density at radius 2 is 2.37 bits per heavy atom. The summed E-state index contributed by atoms with van der Waals surface area (Å²) in [4.78, 5) is 21.5. The fraction of sp³-hybridized carbons (Fsp3) is 0.583. The van der Waals surface area contributed by atoms with Crippen LogP contribution in [0.1, 0.15) is 20.3 Å². The number of aromatic nitrogens is 2. The Morgan fingerprint density at radius 3 is 3.05 bits per heavy atom. The van der Waals surface area contributed by atoms with Crippen molar-refractivity contribution < 1.29 is 4.79 Å². The largest absolute Gasteiger partial charge is 0.370 e. The second-order valence-electron chi connectivity index (χ2n) is 4.63. The van der Waals surface area contributed by atoms with Crippen molar-refractivity contribution in [3.05, 3.63) is 6.07 Å². The Labute approximate surface area is 112 Å². The highest BCUT2D eigenvalue weighted by Gasteiger charge is 2.24. The van der Waals surface area contributed by atoms with Crippen molar-refractivity contribution in [1.82, 2.24) is 15.3 Å². The standard InChI is InChI=1S/C12H20N6O/c1-3-14-10-6-11(17-12(13)16-10)18-5-4-9(7-18)15-8(2)19/h6,9H,3-5,7H2,1-2H3,(H,15,19)(H3,13,14,16,17). The Morgan fingerprint density at radius 1 is 1.58 bits per heavy atom. The summed E-state index contributed by atoms with van der Waals surface area (Å²) in [6, 6.07) is 2.06. The highest BCUT2D eigenvalue weighted by molar-refractivity contribution is 5.73. The van der Waals surface area contributed by atoms with E-state index in [1.807, 2.05) is 13.0 Å². The summed E-state index contributed by atoms with van der Waals surface area (Å²) < 4.78 is 0. The number of anilines is 3. The van der Waals surface area contributed by atoms with Gasteiger partial charge in [-0.15, -0.1) is 0 Å². The third-order valence-electron chi connectivity index (χ3n) is 3.01. The molecule has 0 aliphatic carbocycles. The molecule has 1 fully saturated rings. The van der Waals surface area contributed by atoms with Crippen molar-refractivity contribution in [1.29, 1.82) is 0 Å². The van der Waals surface area contributed by atoms with Crippen LogP contribution >= 0.6 is 0 Å². The van der Waals surface area contributed by atoms with Gasteiger partial charge in [0, 0.05) is 38.7 Å². The molecule has 2 heterocycles. The van der Waals surface area contributed by atoms with Gasteiger partial charge in [0.25, 0.3) is 0 Å². The summed E-state index contributed by atoms with van der Waals surface area (Å²) in [6.07, 6.45) is 0.917. The van der Waals surface area contributed by atoms with Crippen LogP contribution in [0.15, 0.2) is 6.07 Å². The third kappa shape index (κ3) is 3.46. The van der Waals surface area contributed by atoms with Crippen LogP contribution in [-0.2, 0) is 4.79 Å². The highest BCUT2D eigenvalue weighted by Crippen LogP contribution is 2.21. The van der Waals surface area contributed by atoms with E-state index in [1.165, 1.54) is 6.92 Å². The predicted octanol–water partition coefficient (Wildman–Crippen LogP) is 0.205. The SMILES string of the molecule is CCNc1cc(N2CCC(NC(C)=O)C2)nc(N)n1. The predicted molar refractivity (Wildman–Crippen MR) is 75.0 cm³/mol. The molecule has 7 heteroatoms. The second kappa shape index (κ2) is 5.73. The molecule has 1 aromatic heterocycles. The zero-order valence-electron chi connectivity index (χ0n) is 11.3. The molecule has 1 aliphatic heterocycles. The minimum absolute atomic E-state index is 0.00221. The molecular formula is C12H20N6O. The Hall–Kier alpha value is -2.05. The number of hydrogen-bond donors (Lipinski definition) is 3. The Balaban J connectivity index is 2.08. The van der Waals surface area contributed by atoms with Crippen molar-refractivity contribution in [2.75, 3.05) is 35.6 Å². The van der Waals surface area contributed by atoms with E-state index >= 15 is 0 Å². The summed E-state index contributed by atoms with van der Waals surface area (Å²) in [5, 5.41) is 6.05. The first-order valence-electron chi connectivity index (χ1n) is 6.49. The fourth-order valence-corrected chi connectivity index (χ4v) is 2.26. The first kappa shape index (κ1) is 13.4. The van der Waals surface area contributed by atoms with Crippen molar-refractivity contribution in [3.8, 4) is 0 Å². The first-order valence-corrected chi connectivity index (χ1v) is 6.49. The van der Waals surface area contributed by atoms with Crippen LogP contribution in [0.5, 0.6) is 0 Å². The van der Waals surface area contributed by atoms with Crippen molar-refractivity contribution in [2.45, 2.75) is 26.3 Å². The summed E-state index contributed by atoms with van der Waals surface area (Å²) in [6.45, 7) is 5.92. The number of nitrogens with two attached hydrogens (primary N) is 1. The zero-order valence-corrected chi connectivity index (χ0v) is 11.3. The fourth-order valence-electron chi connectivity index (χ4n) is 2.26. The van der Waals surface area contributed by atoms with E-state index in [0.29, 0.717) is 0 Å². The normalized spacial score (nSPS) is 18.4. The number of amides is 1. The van der Waals surface area contributed by atoms with E-state index in [2.05, 4.69) is 25.5 Å². The molecule has 104 valence electrons. The molecule has 1 unspecified atom stereocenters. The second-order valence-corrected chi connectivity index (χ2v) is 4.63. The summed E-state index contributed by atoms with van der Waals surface area (Å²) in [5.74, 6) is 1.79. The molecule has 0 radical (unpaired) electrons. The van der Waals surface area contributed by atoms with Gasteiger partial charge in [0.1, 0.15) is 11.6 Å². The lowest BCUT2D eigenvalue weighted by atomic mass is 10.3. The summed E-state index contributed by atoms with van der Waals surface area (Å²) >= 11 is 0. The van der Waals surface area contributed by atoms with E-state index in [4.69, 9.17) is 5.73 Å². The molecule has 1 amide bonds. The van der Waals surface area contributed by atoms with Crippen molar-refractivity contribution >= 4 is 23.5 Å². The molecule has 4 N–H and O–H groups in total. The number of carbonyl (C=O) groups excluding carboxylic acids is 1. The molecule has 1 saturated heterocycles. The number of nitrogen functional groups attached to an aromatic ring is 1. The van der Waals surface area contributed by atoms with Gasteiger partial charge in [-0.25, -0.2) is 0 Å². The monoisotopic (exact) mass is 264 g/mol. The Kier molecular flexibility index (Phi) is 4.03. The number of hydrogen-bond acceptors (Lipinski definition) is 6. The molecule has 0 aromatic carbocycles. The topological polar surface area (TPSA) is 96.2 Å². The molecular weight excluding hydrogens is 244 g/mol. The van der Waals surface area contributed by atoms with Crippen LogP contribution in [0, 0.1) is 0 Å². The quantitative estimate of drug-likeness (QED) is 0.719.